The predicted octanol–water partition coefficient (Wildman–Crippen LogP) is 1.99. The Labute approximate surface area is 115 Å². The zero-order chi connectivity index (χ0) is 15.2. The Bertz CT molecular complexity index is 542. The number of rotatable bonds is 3. The number of nitrogens with one attached hydrogen (secondary N) is 1. The van der Waals surface area contributed by atoms with Crippen molar-refractivity contribution in [3.63, 3.8) is 0 Å². The summed E-state index contributed by atoms with van der Waals surface area (Å²) in [5.74, 6) is 4.88. The maximum absolute atomic E-state index is 12.0. The van der Waals surface area contributed by atoms with Crippen LogP contribution >= 0.6 is 0 Å². The lowest BCUT2D eigenvalue weighted by Gasteiger charge is -2.09. The van der Waals surface area contributed by atoms with Gasteiger partial charge in [0.1, 0.15) is 0 Å². The SMILES string of the molecule is Cc1ccc(C#CCN)cc1C(=O)NCCC(F)(F)F. The average Bonchev–Trinajstić information content (AvgIpc) is 2.36. The molecule has 1 amide bonds. The van der Waals surface area contributed by atoms with Gasteiger partial charge in [0.2, 0.25) is 0 Å². The third-order valence-electron chi connectivity index (χ3n) is 2.51. The Morgan fingerprint density at radius 1 is 1.40 bits per heavy atom. The van der Waals surface area contributed by atoms with Gasteiger partial charge in [-0.3, -0.25) is 4.79 Å². The maximum atomic E-state index is 12.0. The molecule has 0 saturated heterocycles. The third-order valence-corrected chi connectivity index (χ3v) is 2.51. The van der Waals surface area contributed by atoms with Crippen LogP contribution in [-0.2, 0) is 0 Å². The van der Waals surface area contributed by atoms with E-state index in [-0.39, 0.29) is 6.54 Å². The van der Waals surface area contributed by atoms with Gasteiger partial charge in [-0.15, -0.1) is 0 Å². The van der Waals surface area contributed by atoms with Crippen LogP contribution in [0.2, 0.25) is 0 Å². The van der Waals surface area contributed by atoms with Crippen molar-refractivity contribution in [1.29, 1.82) is 0 Å². The van der Waals surface area contributed by atoms with Gasteiger partial charge in [0.25, 0.3) is 5.91 Å². The van der Waals surface area contributed by atoms with E-state index in [0.29, 0.717) is 16.7 Å². The first-order valence-corrected chi connectivity index (χ1v) is 5.98. The number of halogens is 3. The van der Waals surface area contributed by atoms with Gasteiger partial charge in [-0.25, -0.2) is 0 Å². The summed E-state index contributed by atoms with van der Waals surface area (Å²) < 4.78 is 36.0. The summed E-state index contributed by atoms with van der Waals surface area (Å²) >= 11 is 0. The van der Waals surface area contributed by atoms with Crippen LogP contribution in [0.1, 0.15) is 27.9 Å². The fraction of sp³-hybridized carbons (Fsp3) is 0.357. The number of benzene rings is 1. The number of aryl methyl sites for hydroxylation is 1. The molecule has 3 nitrogen and oxygen atoms in total. The van der Waals surface area contributed by atoms with Crippen molar-refractivity contribution in [2.75, 3.05) is 13.1 Å². The van der Waals surface area contributed by atoms with Crippen LogP contribution in [0.4, 0.5) is 13.2 Å². The number of carbonyl (C=O) groups excluding carboxylic acids is 1. The van der Waals surface area contributed by atoms with Crippen molar-refractivity contribution in [3.05, 3.63) is 34.9 Å². The minimum atomic E-state index is -4.28. The molecule has 0 aromatic heterocycles. The second-order valence-electron chi connectivity index (χ2n) is 4.16. The van der Waals surface area contributed by atoms with Gasteiger partial charge in [0.05, 0.1) is 13.0 Å². The Balaban J connectivity index is 2.76. The number of amides is 1. The van der Waals surface area contributed by atoms with Crippen LogP contribution in [0, 0.1) is 18.8 Å². The molecule has 0 heterocycles. The molecular formula is C14H15F3N2O. The van der Waals surface area contributed by atoms with Crippen LogP contribution in [-0.4, -0.2) is 25.2 Å². The maximum Gasteiger partial charge on any atom is 0.390 e. The van der Waals surface area contributed by atoms with E-state index >= 15 is 0 Å². The highest BCUT2D eigenvalue weighted by molar-refractivity contribution is 5.96. The summed E-state index contributed by atoms with van der Waals surface area (Å²) in [4.78, 5) is 11.8. The Kier molecular flexibility index (Phi) is 5.59. The molecule has 0 spiro atoms. The lowest BCUT2D eigenvalue weighted by molar-refractivity contribution is -0.132. The summed E-state index contributed by atoms with van der Waals surface area (Å²) in [5, 5.41) is 2.25. The van der Waals surface area contributed by atoms with Gasteiger partial charge in [-0.05, 0) is 24.6 Å². The van der Waals surface area contributed by atoms with Crippen molar-refractivity contribution in [1.82, 2.24) is 5.32 Å². The number of carbonyl (C=O) groups is 1. The quantitative estimate of drug-likeness (QED) is 0.834. The lowest BCUT2D eigenvalue weighted by atomic mass is 10.0. The van der Waals surface area contributed by atoms with Gasteiger partial charge in [-0.1, -0.05) is 17.9 Å². The number of hydrogen-bond donors (Lipinski definition) is 2. The Morgan fingerprint density at radius 2 is 2.10 bits per heavy atom. The van der Waals surface area contributed by atoms with Crippen molar-refractivity contribution < 1.29 is 18.0 Å². The van der Waals surface area contributed by atoms with Gasteiger partial charge in [-0.2, -0.15) is 13.2 Å². The average molecular weight is 284 g/mol. The highest BCUT2D eigenvalue weighted by atomic mass is 19.4. The van der Waals surface area contributed by atoms with E-state index in [0.717, 1.165) is 0 Å². The molecule has 1 aromatic carbocycles. The van der Waals surface area contributed by atoms with Crippen LogP contribution in [0.3, 0.4) is 0 Å². The van der Waals surface area contributed by atoms with Crippen molar-refractivity contribution in [3.8, 4) is 11.8 Å². The van der Waals surface area contributed by atoms with E-state index in [2.05, 4.69) is 17.2 Å². The normalized spacial score (nSPS) is 10.7. The molecule has 20 heavy (non-hydrogen) atoms. The zero-order valence-electron chi connectivity index (χ0n) is 11.0. The van der Waals surface area contributed by atoms with Crippen LogP contribution in [0.5, 0.6) is 0 Å². The smallest absolute Gasteiger partial charge is 0.352 e. The van der Waals surface area contributed by atoms with Gasteiger partial charge >= 0.3 is 6.18 Å². The van der Waals surface area contributed by atoms with E-state index < -0.39 is 25.0 Å². The second-order valence-corrected chi connectivity index (χ2v) is 4.16. The molecule has 0 aliphatic heterocycles. The molecule has 0 atom stereocenters. The Morgan fingerprint density at radius 3 is 2.70 bits per heavy atom. The molecule has 1 rings (SSSR count). The summed E-state index contributed by atoms with van der Waals surface area (Å²) in [6.45, 7) is 1.46. The summed E-state index contributed by atoms with van der Waals surface area (Å²) in [6, 6.07) is 4.96. The highest BCUT2D eigenvalue weighted by Crippen LogP contribution is 2.18. The van der Waals surface area contributed by atoms with E-state index in [1.54, 1.807) is 25.1 Å². The fourth-order valence-electron chi connectivity index (χ4n) is 1.51. The zero-order valence-corrected chi connectivity index (χ0v) is 11.0. The standard InChI is InChI=1S/C14H15F3N2O/c1-10-4-5-11(3-2-7-18)9-12(10)13(20)19-8-6-14(15,16)17/h4-5,9H,6-8,18H2,1H3,(H,19,20). The molecule has 0 bridgehead atoms. The van der Waals surface area contributed by atoms with E-state index in [9.17, 15) is 18.0 Å². The highest BCUT2D eigenvalue weighted by Gasteiger charge is 2.26. The molecule has 0 saturated carbocycles. The van der Waals surface area contributed by atoms with Gasteiger partial charge in [0.15, 0.2) is 0 Å². The number of hydrogen-bond acceptors (Lipinski definition) is 2. The summed E-state index contributed by atoms with van der Waals surface area (Å²) in [6.07, 6.45) is -5.33. The topological polar surface area (TPSA) is 55.1 Å². The second kappa shape index (κ2) is 6.96. The van der Waals surface area contributed by atoms with Gasteiger partial charge < -0.3 is 11.1 Å². The Hall–Kier alpha value is -2.00. The third kappa shape index (κ3) is 5.33. The van der Waals surface area contributed by atoms with Crippen molar-refractivity contribution in [2.24, 2.45) is 5.73 Å². The first-order chi connectivity index (χ1) is 9.33. The fourth-order valence-corrected chi connectivity index (χ4v) is 1.51. The van der Waals surface area contributed by atoms with Crippen LogP contribution in [0.25, 0.3) is 0 Å². The predicted molar refractivity (Wildman–Crippen MR) is 70.1 cm³/mol. The number of nitrogens with two attached hydrogens (primary N) is 1. The first-order valence-electron chi connectivity index (χ1n) is 5.98. The van der Waals surface area contributed by atoms with Gasteiger partial charge in [0, 0.05) is 17.7 Å². The van der Waals surface area contributed by atoms with E-state index in [1.807, 2.05) is 0 Å². The summed E-state index contributed by atoms with van der Waals surface area (Å²) in [5.41, 5.74) is 6.84. The molecule has 3 N–H and O–H groups in total. The molecule has 6 heteroatoms. The van der Waals surface area contributed by atoms with E-state index in [1.165, 1.54) is 0 Å². The molecule has 0 fully saturated rings. The largest absolute Gasteiger partial charge is 0.390 e. The number of alkyl halides is 3. The van der Waals surface area contributed by atoms with Crippen LogP contribution < -0.4 is 11.1 Å². The monoisotopic (exact) mass is 284 g/mol. The minimum Gasteiger partial charge on any atom is -0.352 e. The van der Waals surface area contributed by atoms with Crippen molar-refractivity contribution in [2.45, 2.75) is 19.5 Å². The minimum absolute atomic E-state index is 0.195. The van der Waals surface area contributed by atoms with E-state index in [4.69, 9.17) is 5.73 Å². The lowest BCUT2D eigenvalue weighted by Crippen LogP contribution is -2.28. The first kappa shape index (κ1) is 16.1. The summed E-state index contributed by atoms with van der Waals surface area (Å²) in [7, 11) is 0. The van der Waals surface area contributed by atoms with Crippen molar-refractivity contribution >= 4 is 5.91 Å². The molecule has 0 radical (unpaired) electrons. The van der Waals surface area contributed by atoms with Crippen LogP contribution in [0.15, 0.2) is 18.2 Å². The molecule has 1 aromatic rings. The molecular weight excluding hydrogens is 269 g/mol. The molecule has 0 unspecified atom stereocenters. The molecule has 0 aliphatic carbocycles. The molecule has 0 aliphatic rings. The molecule has 108 valence electrons.